The van der Waals surface area contributed by atoms with Gasteiger partial charge in [-0.25, -0.2) is 0 Å². The molecule has 1 aromatic heterocycles. The molecule has 0 radical (unpaired) electrons. The van der Waals surface area contributed by atoms with Gasteiger partial charge in [0.2, 0.25) is 5.95 Å². The monoisotopic (exact) mass is 501 g/mol. The van der Waals surface area contributed by atoms with Crippen LogP contribution in [0.4, 0.5) is 17.5 Å². The first-order chi connectivity index (χ1) is 18.0. The standard InChI is InChI=1S/C29H39N7O/c1-5-23-19-22(11-14-25(23)37-4)15-16-31-21(3)32-28-26(27(30)36-17-7-6-8-18-36)34-29(35-28)33-24-12-9-20(2)10-13-24/h9-14,19,30-32H,3,5-8,15-18H2,1-2,4H3,(H2,33,34,35). The van der Waals surface area contributed by atoms with Crippen LogP contribution in [0.3, 0.4) is 0 Å². The fourth-order valence-electron chi connectivity index (χ4n) is 4.55. The Morgan fingerprint density at radius 1 is 1.14 bits per heavy atom. The second-order valence-electron chi connectivity index (χ2n) is 9.48. The topological polar surface area (TPSA) is 101 Å². The molecule has 0 aliphatic carbocycles. The van der Waals surface area contributed by atoms with Crippen LogP contribution in [-0.4, -0.2) is 47.4 Å². The average molecular weight is 502 g/mol. The maximum absolute atomic E-state index is 8.88. The van der Waals surface area contributed by atoms with E-state index in [9.17, 15) is 0 Å². The van der Waals surface area contributed by atoms with Crippen LogP contribution in [0.15, 0.2) is 54.9 Å². The number of anilines is 3. The van der Waals surface area contributed by atoms with E-state index < -0.39 is 0 Å². The predicted octanol–water partition coefficient (Wildman–Crippen LogP) is 5.56. The molecule has 2 heterocycles. The zero-order valence-corrected chi connectivity index (χ0v) is 22.2. The predicted molar refractivity (Wildman–Crippen MR) is 152 cm³/mol. The summed E-state index contributed by atoms with van der Waals surface area (Å²) >= 11 is 0. The molecule has 3 aromatic rings. The lowest BCUT2D eigenvalue weighted by Gasteiger charge is -2.28. The van der Waals surface area contributed by atoms with Crippen molar-refractivity contribution in [2.24, 2.45) is 0 Å². The Balaban J connectivity index is 1.43. The summed E-state index contributed by atoms with van der Waals surface area (Å²) < 4.78 is 5.44. The number of hydrogen-bond donors (Lipinski definition) is 5. The SMILES string of the molecule is C=C(NCCc1ccc(OC)c(CC)c1)Nc1nc(Nc2ccc(C)cc2)[nH]c1C(=N)N1CCCCC1. The highest BCUT2D eigenvalue weighted by Crippen LogP contribution is 2.24. The fourth-order valence-corrected chi connectivity index (χ4v) is 4.55. The van der Waals surface area contributed by atoms with E-state index in [1.54, 1.807) is 7.11 Å². The van der Waals surface area contributed by atoms with Crippen LogP contribution in [0.1, 0.15) is 48.6 Å². The minimum absolute atomic E-state index is 0.449. The molecule has 0 saturated carbocycles. The van der Waals surface area contributed by atoms with Crippen molar-refractivity contribution in [3.05, 3.63) is 77.2 Å². The van der Waals surface area contributed by atoms with Crippen LogP contribution < -0.4 is 20.7 Å². The quantitative estimate of drug-likeness (QED) is 0.174. The first-order valence-corrected chi connectivity index (χ1v) is 13.1. The molecule has 1 aliphatic rings. The van der Waals surface area contributed by atoms with E-state index in [0.717, 1.165) is 56.8 Å². The molecule has 5 N–H and O–H groups in total. The summed E-state index contributed by atoms with van der Waals surface area (Å²) in [6.07, 6.45) is 5.21. The van der Waals surface area contributed by atoms with Gasteiger partial charge in [0, 0.05) is 25.3 Å². The lowest BCUT2D eigenvalue weighted by molar-refractivity contribution is 0.340. The number of nitrogens with zero attached hydrogens (tertiary/aromatic N) is 2. The molecule has 196 valence electrons. The van der Waals surface area contributed by atoms with E-state index in [-0.39, 0.29) is 0 Å². The number of H-pyrrole nitrogens is 1. The number of piperidine rings is 1. The number of hydrogen-bond acceptors (Lipinski definition) is 6. The van der Waals surface area contributed by atoms with Crippen molar-refractivity contribution >= 4 is 23.3 Å². The molecule has 0 amide bonds. The van der Waals surface area contributed by atoms with E-state index in [1.807, 2.05) is 18.2 Å². The number of amidine groups is 1. The van der Waals surface area contributed by atoms with Crippen LogP contribution in [0, 0.1) is 12.3 Å². The van der Waals surface area contributed by atoms with Gasteiger partial charge in [0.1, 0.15) is 17.3 Å². The van der Waals surface area contributed by atoms with Crippen molar-refractivity contribution in [3.63, 3.8) is 0 Å². The van der Waals surface area contributed by atoms with E-state index >= 15 is 0 Å². The van der Waals surface area contributed by atoms with Crippen molar-refractivity contribution in [2.75, 3.05) is 37.4 Å². The first-order valence-electron chi connectivity index (χ1n) is 13.1. The third kappa shape index (κ3) is 6.84. The smallest absolute Gasteiger partial charge is 0.207 e. The lowest BCUT2D eigenvalue weighted by atomic mass is 10.1. The summed E-state index contributed by atoms with van der Waals surface area (Å²) in [5.74, 6) is 3.19. The fraction of sp³-hybridized carbons (Fsp3) is 0.379. The average Bonchev–Trinajstić information content (AvgIpc) is 3.31. The van der Waals surface area contributed by atoms with Crippen molar-refractivity contribution in [2.45, 2.75) is 46.0 Å². The Morgan fingerprint density at radius 2 is 1.89 bits per heavy atom. The largest absolute Gasteiger partial charge is 0.496 e. The number of aromatic nitrogens is 2. The summed E-state index contributed by atoms with van der Waals surface area (Å²) in [4.78, 5) is 10.2. The number of aromatic amines is 1. The third-order valence-corrected chi connectivity index (χ3v) is 6.67. The highest BCUT2D eigenvalue weighted by Gasteiger charge is 2.22. The Labute approximate surface area is 220 Å². The van der Waals surface area contributed by atoms with Gasteiger partial charge in [-0.3, -0.25) is 5.41 Å². The summed E-state index contributed by atoms with van der Waals surface area (Å²) in [5, 5.41) is 18.9. The normalized spacial score (nSPS) is 13.2. The second-order valence-corrected chi connectivity index (χ2v) is 9.48. The van der Waals surface area contributed by atoms with E-state index in [1.165, 1.54) is 23.1 Å². The molecule has 2 aromatic carbocycles. The number of rotatable bonds is 11. The number of aryl methyl sites for hydroxylation is 2. The van der Waals surface area contributed by atoms with Crippen LogP contribution in [0.5, 0.6) is 5.75 Å². The van der Waals surface area contributed by atoms with Crippen molar-refractivity contribution in [3.8, 4) is 5.75 Å². The van der Waals surface area contributed by atoms with Crippen LogP contribution in [0.25, 0.3) is 0 Å². The van der Waals surface area contributed by atoms with Gasteiger partial charge in [-0.2, -0.15) is 4.98 Å². The van der Waals surface area contributed by atoms with E-state index in [2.05, 4.69) is 70.5 Å². The number of nitrogens with one attached hydrogen (secondary N) is 5. The molecule has 1 aliphatic heterocycles. The third-order valence-electron chi connectivity index (χ3n) is 6.67. The number of ether oxygens (including phenoxy) is 1. The molecular weight excluding hydrogens is 462 g/mol. The Morgan fingerprint density at radius 3 is 2.59 bits per heavy atom. The number of methoxy groups -OCH3 is 1. The minimum Gasteiger partial charge on any atom is -0.496 e. The minimum atomic E-state index is 0.449. The van der Waals surface area contributed by atoms with Gasteiger partial charge < -0.3 is 30.6 Å². The number of imidazole rings is 1. The Kier molecular flexibility index (Phi) is 8.72. The zero-order chi connectivity index (χ0) is 26.2. The van der Waals surface area contributed by atoms with E-state index in [4.69, 9.17) is 15.1 Å². The zero-order valence-electron chi connectivity index (χ0n) is 22.2. The molecule has 8 nitrogen and oxygen atoms in total. The lowest BCUT2D eigenvalue weighted by Crippen LogP contribution is -2.36. The molecular formula is C29H39N7O. The number of benzene rings is 2. The van der Waals surface area contributed by atoms with Gasteiger partial charge >= 0.3 is 0 Å². The molecule has 0 bridgehead atoms. The van der Waals surface area contributed by atoms with Gasteiger partial charge in [-0.1, -0.05) is 43.3 Å². The van der Waals surface area contributed by atoms with Gasteiger partial charge in [0.25, 0.3) is 0 Å². The summed E-state index contributed by atoms with van der Waals surface area (Å²) in [5.41, 5.74) is 5.24. The highest BCUT2D eigenvalue weighted by molar-refractivity contribution is 5.99. The van der Waals surface area contributed by atoms with Gasteiger partial charge in [0.05, 0.1) is 12.9 Å². The highest BCUT2D eigenvalue weighted by atomic mass is 16.5. The Hall–Kier alpha value is -3.94. The van der Waals surface area contributed by atoms with Gasteiger partial charge in [-0.05, 0) is 68.4 Å². The van der Waals surface area contributed by atoms with Gasteiger partial charge in [0.15, 0.2) is 5.82 Å². The first kappa shape index (κ1) is 26.1. The van der Waals surface area contributed by atoms with Crippen molar-refractivity contribution < 1.29 is 4.74 Å². The maximum atomic E-state index is 8.88. The van der Waals surface area contributed by atoms with Crippen LogP contribution in [-0.2, 0) is 12.8 Å². The molecule has 0 atom stereocenters. The maximum Gasteiger partial charge on any atom is 0.207 e. The van der Waals surface area contributed by atoms with Crippen molar-refractivity contribution in [1.82, 2.24) is 20.2 Å². The summed E-state index contributed by atoms with van der Waals surface area (Å²) in [6, 6.07) is 14.5. The molecule has 0 spiro atoms. The molecule has 1 saturated heterocycles. The van der Waals surface area contributed by atoms with Crippen LogP contribution in [0.2, 0.25) is 0 Å². The summed E-state index contributed by atoms with van der Waals surface area (Å²) in [7, 11) is 1.71. The molecule has 8 heteroatoms. The summed E-state index contributed by atoms with van der Waals surface area (Å²) in [6.45, 7) is 10.9. The number of likely N-dealkylation sites (tertiary alicyclic amines) is 1. The second kappa shape index (κ2) is 12.3. The van der Waals surface area contributed by atoms with Crippen molar-refractivity contribution in [1.29, 1.82) is 5.41 Å². The molecule has 4 rings (SSSR count). The molecule has 37 heavy (non-hydrogen) atoms. The van der Waals surface area contributed by atoms with Crippen LogP contribution >= 0.6 is 0 Å². The molecule has 1 fully saturated rings. The van der Waals surface area contributed by atoms with Gasteiger partial charge in [-0.15, -0.1) is 0 Å². The molecule has 0 unspecified atom stereocenters. The Bertz CT molecular complexity index is 1210. The van der Waals surface area contributed by atoms with E-state index in [0.29, 0.717) is 29.1 Å².